The summed E-state index contributed by atoms with van der Waals surface area (Å²) >= 11 is 0. The molecule has 2 aromatic carbocycles. The highest BCUT2D eigenvalue weighted by Gasteiger charge is 2.14. The van der Waals surface area contributed by atoms with Crippen LogP contribution in [-0.4, -0.2) is 58.3 Å². The van der Waals surface area contributed by atoms with E-state index in [2.05, 4.69) is 80.4 Å². The van der Waals surface area contributed by atoms with Crippen molar-refractivity contribution in [1.82, 2.24) is 24.9 Å². The number of aryl methyl sites for hydroxylation is 1. The number of morpholine rings is 1. The van der Waals surface area contributed by atoms with Crippen LogP contribution < -0.4 is 15.1 Å². The number of aromatic amines is 1. The van der Waals surface area contributed by atoms with Crippen LogP contribution in [0.1, 0.15) is 12.6 Å². The van der Waals surface area contributed by atoms with Crippen molar-refractivity contribution >= 4 is 50.4 Å². The molecular weight excluding hydrogens is 524 g/mol. The second-order valence-electron chi connectivity index (χ2n) is 10.4. The molecule has 0 atom stereocenters. The van der Waals surface area contributed by atoms with E-state index in [-0.39, 0.29) is 0 Å². The zero-order chi connectivity index (χ0) is 28.5. The van der Waals surface area contributed by atoms with Gasteiger partial charge in [-0.25, -0.2) is 4.98 Å². The standard InChI is InChI=1S/C33H32N8O/c1-3-22-18-25(10-12-34-22)40(2)24-5-9-30-32(20-24)39-33(38-30)31-7-4-23(21-36-31)37-29-11-13-35-28-8-6-26(19-27(28)29)41-14-16-42-17-15-41/h4-13,18-21H,3,14-17H2,1-2H3,(H,35,37)(H,38,39). The van der Waals surface area contributed by atoms with E-state index < -0.39 is 0 Å². The summed E-state index contributed by atoms with van der Waals surface area (Å²) in [6, 6.07) is 22.8. The second-order valence-corrected chi connectivity index (χ2v) is 10.4. The Bertz CT molecular complexity index is 1860. The van der Waals surface area contributed by atoms with E-state index in [1.165, 1.54) is 5.69 Å². The SMILES string of the molecule is CCc1cc(N(C)c2ccc3nc(-c4ccc(Nc5ccnc6ccc(N7CCOCC7)cc56)cn4)[nH]c3c2)ccn1. The minimum Gasteiger partial charge on any atom is -0.378 e. The molecule has 210 valence electrons. The van der Waals surface area contributed by atoms with Crippen molar-refractivity contribution in [1.29, 1.82) is 0 Å². The number of rotatable bonds is 7. The quantitative estimate of drug-likeness (QED) is 0.231. The number of benzene rings is 2. The Morgan fingerprint density at radius 2 is 1.71 bits per heavy atom. The number of hydrogen-bond acceptors (Lipinski definition) is 8. The van der Waals surface area contributed by atoms with Crippen LogP contribution in [0.25, 0.3) is 33.5 Å². The molecule has 1 saturated heterocycles. The highest BCUT2D eigenvalue weighted by atomic mass is 16.5. The Kier molecular flexibility index (Phi) is 6.85. The molecule has 9 heteroatoms. The third-order valence-corrected chi connectivity index (χ3v) is 7.79. The van der Waals surface area contributed by atoms with Crippen molar-refractivity contribution in [2.45, 2.75) is 13.3 Å². The molecule has 5 heterocycles. The number of nitrogens with one attached hydrogen (secondary N) is 2. The lowest BCUT2D eigenvalue weighted by Gasteiger charge is -2.29. The highest BCUT2D eigenvalue weighted by Crippen LogP contribution is 2.31. The van der Waals surface area contributed by atoms with Crippen molar-refractivity contribution in [3.63, 3.8) is 0 Å². The van der Waals surface area contributed by atoms with Crippen LogP contribution in [0.4, 0.5) is 28.4 Å². The van der Waals surface area contributed by atoms with Crippen LogP contribution in [0.3, 0.4) is 0 Å². The lowest BCUT2D eigenvalue weighted by atomic mass is 10.1. The molecule has 4 aromatic heterocycles. The number of hydrogen-bond donors (Lipinski definition) is 2. The number of anilines is 5. The number of H-pyrrole nitrogens is 1. The smallest absolute Gasteiger partial charge is 0.157 e. The van der Waals surface area contributed by atoms with Gasteiger partial charge >= 0.3 is 0 Å². The Hall–Kier alpha value is -5.02. The average molecular weight is 557 g/mol. The molecule has 0 saturated carbocycles. The van der Waals surface area contributed by atoms with E-state index >= 15 is 0 Å². The van der Waals surface area contributed by atoms with Gasteiger partial charge in [0.2, 0.25) is 0 Å². The predicted octanol–water partition coefficient (Wildman–Crippen LogP) is 6.48. The van der Waals surface area contributed by atoms with E-state index in [1.54, 1.807) is 0 Å². The van der Waals surface area contributed by atoms with Gasteiger partial charge in [0.25, 0.3) is 0 Å². The van der Waals surface area contributed by atoms with Gasteiger partial charge in [-0.05, 0) is 73.2 Å². The van der Waals surface area contributed by atoms with Crippen LogP contribution in [0.15, 0.2) is 85.3 Å². The molecule has 9 nitrogen and oxygen atoms in total. The molecule has 0 unspecified atom stereocenters. The molecule has 0 aliphatic carbocycles. The average Bonchev–Trinajstić information content (AvgIpc) is 3.49. The summed E-state index contributed by atoms with van der Waals surface area (Å²) in [4.78, 5) is 26.5. The van der Waals surface area contributed by atoms with E-state index in [9.17, 15) is 0 Å². The molecule has 6 aromatic rings. The molecule has 0 bridgehead atoms. The maximum absolute atomic E-state index is 5.52. The van der Waals surface area contributed by atoms with E-state index in [0.29, 0.717) is 0 Å². The summed E-state index contributed by atoms with van der Waals surface area (Å²) in [5, 5.41) is 4.61. The van der Waals surface area contributed by atoms with Gasteiger partial charge in [-0.1, -0.05) is 6.92 Å². The number of fused-ring (bicyclic) bond motifs is 2. The summed E-state index contributed by atoms with van der Waals surface area (Å²) in [6.07, 6.45) is 6.44. The first-order valence-electron chi connectivity index (χ1n) is 14.3. The third-order valence-electron chi connectivity index (χ3n) is 7.79. The minimum absolute atomic E-state index is 0.734. The van der Waals surface area contributed by atoms with Crippen LogP contribution in [0, 0.1) is 0 Å². The number of aromatic nitrogens is 5. The van der Waals surface area contributed by atoms with Gasteiger partial charge in [-0.15, -0.1) is 0 Å². The predicted molar refractivity (Wildman–Crippen MR) is 169 cm³/mol. The zero-order valence-electron chi connectivity index (χ0n) is 23.7. The molecule has 1 aliphatic heterocycles. The lowest BCUT2D eigenvalue weighted by Crippen LogP contribution is -2.36. The van der Waals surface area contributed by atoms with Crippen molar-refractivity contribution in [2.75, 3.05) is 48.5 Å². The van der Waals surface area contributed by atoms with Gasteiger partial charge in [0.15, 0.2) is 5.82 Å². The van der Waals surface area contributed by atoms with Gasteiger partial charge in [-0.2, -0.15) is 0 Å². The van der Waals surface area contributed by atoms with E-state index in [1.807, 2.05) is 48.9 Å². The van der Waals surface area contributed by atoms with Crippen molar-refractivity contribution in [2.24, 2.45) is 0 Å². The number of pyridine rings is 3. The first kappa shape index (κ1) is 25.9. The van der Waals surface area contributed by atoms with Gasteiger partial charge in [0.05, 0.1) is 41.6 Å². The Labute approximate surface area is 244 Å². The lowest BCUT2D eigenvalue weighted by molar-refractivity contribution is 0.122. The molecule has 7 rings (SSSR count). The number of imidazole rings is 1. The number of nitrogens with zero attached hydrogens (tertiary/aromatic N) is 6. The fourth-order valence-electron chi connectivity index (χ4n) is 5.37. The molecule has 1 aliphatic rings. The summed E-state index contributed by atoms with van der Waals surface area (Å²) in [5.74, 6) is 0.734. The van der Waals surface area contributed by atoms with Crippen molar-refractivity contribution in [3.8, 4) is 11.5 Å². The second kappa shape index (κ2) is 11.1. The summed E-state index contributed by atoms with van der Waals surface area (Å²) in [7, 11) is 2.07. The fraction of sp³-hybridized carbons (Fsp3) is 0.212. The van der Waals surface area contributed by atoms with Crippen LogP contribution in [0.2, 0.25) is 0 Å². The maximum atomic E-state index is 5.52. The Morgan fingerprint density at radius 1 is 0.881 bits per heavy atom. The Balaban J connectivity index is 1.11. The molecule has 0 radical (unpaired) electrons. The summed E-state index contributed by atoms with van der Waals surface area (Å²) in [6.45, 7) is 5.41. The van der Waals surface area contributed by atoms with Crippen molar-refractivity contribution < 1.29 is 4.74 Å². The molecule has 0 spiro atoms. The monoisotopic (exact) mass is 556 g/mol. The Morgan fingerprint density at radius 3 is 2.55 bits per heavy atom. The molecule has 2 N–H and O–H groups in total. The first-order chi connectivity index (χ1) is 20.6. The van der Waals surface area contributed by atoms with Gasteiger partial charge < -0.3 is 24.8 Å². The molecule has 1 fully saturated rings. The number of ether oxygens (including phenoxy) is 1. The highest BCUT2D eigenvalue weighted by molar-refractivity contribution is 5.95. The molecule has 42 heavy (non-hydrogen) atoms. The van der Waals surface area contributed by atoms with Gasteiger partial charge in [0, 0.05) is 66.4 Å². The fourth-order valence-corrected chi connectivity index (χ4v) is 5.37. The summed E-state index contributed by atoms with van der Waals surface area (Å²) < 4.78 is 5.52. The van der Waals surface area contributed by atoms with E-state index in [0.717, 1.165) is 94.6 Å². The third kappa shape index (κ3) is 5.10. The maximum Gasteiger partial charge on any atom is 0.157 e. The van der Waals surface area contributed by atoms with Gasteiger partial charge in [-0.3, -0.25) is 15.0 Å². The van der Waals surface area contributed by atoms with Gasteiger partial charge in [0.1, 0.15) is 5.69 Å². The first-order valence-corrected chi connectivity index (χ1v) is 14.3. The topological polar surface area (TPSA) is 95.1 Å². The summed E-state index contributed by atoms with van der Waals surface area (Å²) in [5.41, 5.74) is 9.90. The minimum atomic E-state index is 0.734. The zero-order valence-corrected chi connectivity index (χ0v) is 23.7. The molecular formula is C33H32N8O. The largest absolute Gasteiger partial charge is 0.378 e. The molecule has 0 amide bonds. The van der Waals surface area contributed by atoms with E-state index in [4.69, 9.17) is 14.7 Å². The van der Waals surface area contributed by atoms with Crippen LogP contribution >= 0.6 is 0 Å². The van der Waals surface area contributed by atoms with Crippen molar-refractivity contribution in [3.05, 3.63) is 91.0 Å². The van der Waals surface area contributed by atoms with Crippen LogP contribution in [0.5, 0.6) is 0 Å². The normalized spacial score (nSPS) is 13.5. The van der Waals surface area contributed by atoms with Crippen LogP contribution in [-0.2, 0) is 11.2 Å².